The number of benzene rings is 1. The Hall–Kier alpha value is -1.37. The number of carbonyl (C=O) groups is 1. The summed E-state index contributed by atoms with van der Waals surface area (Å²) in [6.07, 6.45) is 7.84. The molecule has 0 fully saturated rings. The van der Waals surface area contributed by atoms with Crippen molar-refractivity contribution in [3.63, 3.8) is 0 Å². The maximum Gasteiger partial charge on any atom is 0.150 e. The first-order chi connectivity index (χ1) is 8.83. The van der Waals surface area contributed by atoms with Gasteiger partial charge in [-0.1, -0.05) is 62.6 Å². The number of rotatable bonds is 8. The highest BCUT2D eigenvalue weighted by Gasteiger charge is 2.08. The lowest BCUT2D eigenvalue weighted by Gasteiger charge is -2.11. The van der Waals surface area contributed by atoms with Gasteiger partial charge < -0.3 is 0 Å². The van der Waals surface area contributed by atoms with Gasteiger partial charge in [0, 0.05) is 5.57 Å². The molecule has 18 heavy (non-hydrogen) atoms. The van der Waals surface area contributed by atoms with Crippen LogP contribution in [0.2, 0.25) is 0 Å². The number of aldehydes is 1. The molecule has 1 aromatic carbocycles. The fourth-order valence-corrected chi connectivity index (χ4v) is 2.15. The number of hydrogen-bond acceptors (Lipinski definition) is 1. The molecule has 0 bridgehead atoms. The van der Waals surface area contributed by atoms with E-state index in [0.29, 0.717) is 0 Å². The second-order valence-electron chi connectivity index (χ2n) is 4.71. The third kappa shape index (κ3) is 4.48. The van der Waals surface area contributed by atoms with E-state index in [9.17, 15) is 4.79 Å². The molecule has 1 rings (SSSR count). The largest absolute Gasteiger partial charge is 0.298 e. The van der Waals surface area contributed by atoms with E-state index in [0.717, 1.165) is 30.3 Å². The van der Waals surface area contributed by atoms with E-state index in [-0.39, 0.29) is 0 Å². The van der Waals surface area contributed by atoms with Crippen LogP contribution >= 0.6 is 0 Å². The minimum absolute atomic E-state index is 0.914. The summed E-state index contributed by atoms with van der Waals surface area (Å²) >= 11 is 0. The Morgan fingerprint density at radius 2 is 1.56 bits per heavy atom. The van der Waals surface area contributed by atoms with E-state index in [1.165, 1.54) is 31.3 Å². The van der Waals surface area contributed by atoms with E-state index >= 15 is 0 Å². The molecule has 0 unspecified atom stereocenters. The predicted molar refractivity (Wildman–Crippen MR) is 78.5 cm³/mol. The molecule has 0 aliphatic rings. The maximum absolute atomic E-state index is 11.4. The molecular weight excluding hydrogens is 220 g/mol. The smallest absolute Gasteiger partial charge is 0.150 e. The van der Waals surface area contributed by atoms with Crippen LogP contribution in [-0.2, 0) is 4.79 Å². The molecule has 0 amide bonds. The molecule has 1 heteroatoms. The van der Waals surface area contributed by atoms with E-state index in [1.54, 1.807) is 0 Å². The molecule has 98 valence electrons. The van der Waals surface area contributed by atoms with Crippen molar-refractivity contribution in [2.24, 2.45) is 0 Å². The Morgan fingerprint density at radius 3 is 2.00 bits per heavy atom. The second kappa shape index (κ2) is 8.68. The normalized spacial score (nSPS) is 10.1. The highest BCUT2D eigenvalue weighted by Crippen LogP contribution is 2.25. The number of hydrogen-bond donors (Lipinski definition) is 0. The van der Waals surface area contributed by atoms with E-state index in [4.69, 9.17) is 0 Å². The molecule has 0 saturated heterocycles. The zero-order valence-corrected chi connectivity index (χ0v) is 11.6. The van der Waals surface area contributed by atoms with E-state index < -0.39 is 0 Å². The van der Waals surface area contributed by atoms with Gasteiger partial charge in [-0.3, -0.25) is 4.79 Å². The molecular formula is C17H24O. The molecule has 1 nitrogen and oxygen atoms in total. The Kier molecular flexibility index (Phi) is 7.09. The highest BCUT2D eigenvalue weighted by atomic mass is 16.1. The van der Waals surface area contributed by atoms with Crippen molar-refractivity contribution < 1.29 is 4.79 Å². The standard InChI is InChI=1S/C17H24O/c1-3-5-10-15(11-6-4-2)17(14-18)16-12-8-7-9-13-16/h7-9,12-14H,3-6,10-11H2,1-2H3. The number of allylic oxidation sites excluding steroid dienone is 2. The van der Waals surface area contributed by atoms with Crippen LogP contribution in [0.1, 0.15) is 57.9 Å². The SMILES string of the molecule is CCCCC(CCCC)=C(C=O)c1ccccc1. The third-order valence-corrected chi connectivity index (χ3v) is 3.25. The minimum atomic E-state index is 0.914. The van der Waals surface area contributed by atoms with Gasteiger partial charge in [-0.05, 0) is 31.2 Å². The Labute approximate surface area is 111 Å². The van der Waals surface area contributed by atoms with Crippen LogP contribution in [0.5, 0.6) is 0 Å². The Balaban J connectivity index is 2.99. The van der Waals surface area contributed by atoms with Gasteiger partial charge in [-0.15, -0.1) is 0 Å². The zero-order valence-electron chi connectivity index (χ0n) is 11.6. The van der Waals surface area contributed by atoms with Crippen LogP contribution in [0.4, 0.5) is 0 Å². The number of unbranched alkanes of at least 4 members (excludes halogenated alkanes) is 2. The fourth-order valence-electron chi connectivity index (χ4n) is 2.15. The van der Waals surface area contributed by atoms with Crippen LogP contribution in [0.15, 0.2) is 35.9 Å². The molecule has 0 aliphatic heterocycles. The van der Waals surface area contributed by atoms with Crippen molar-refractivity contribution in [1.29, 1.82) is 0 Å². The van der Waals surface area contributed by atoms with Gasteiger partial charge in [0.15, 0.2) is 6.29 Å². The van der Waals surface area contributed by atoms with Gasteiger partial charge in [-0.2, -0.15) is 0 Å². The van der Waals surface area contributed by atoms with Crippen LogP contribution in [0.3, 0.4) is 0 Å². The predicted octanol–water partition coefficient (Wildman–Crippen LogP) is 5.02. The quantitative estimate of drug-likeness (QED) is 0.463. The molecule has 0 heterocycles. The number of carbonyl (C=O) groups excluding carboxylic acids is 1. The Morgan fingerprint density at radius 1 is 1.00 bits per heavy atom. The van der Waals surface area contributed by atoms with Crippen LogP contribution in [0.25, 0.3) is 5.57 Å². The van der Waals surface area contributed by atoms with E-state index in [1.807, 2.05) is 30.3 Å². The molecule has 0 saturated carbocycles. The molecule has 0 aromatic heterocycles. The summed E-state index contributed by atoms with van der Waals surface area (Å²) < 4.78 is 0. The van der Waals surface area contributed by atoms with E-state index in [2.05, 4.69) is 13.8 Å². The lowest BCUT2D eigenvalue weighted by Crippen LogP contribution is -1.95. The van der Waals surface area contributed by atoms with Crippen molar-refractivity contribution in [3.8, 4) is 0 Å². The Bertz CT molecular complexity index is 366. The topological polar surface area (TPSA) is 17.1 Å². The van der Waals surface area contributed by atoms with Gasteiger partial charge in [-0.25, -0.2) is 0 Å². The van der Waals surface area contributed by atoms with Crippen LogP contribution in [-0.4, -0.2) is 6.29 Å². The van der Waals surface area contributed by atoms with Gasteiger partial charge >= 0.3 is 0 Å². The lowest BCUT2D eigenvalue weighted by molar-refractivity contribution is -0.103. The first-order valence-electron chi connectivity index (χ1n) is 7.06. The zero-order chi connectivity index (χ0) is 13.2. The molecule has 0 spiro atoms. The summed E-state index contributed by atoms with van der Waals surface area (Å²) in [5, 5.41) is 0. The van der Waals surface area contributed by atoms with Gasteiger partial charge in [0.05, 0.1) is 0 Å². The summed E-state index contributed by atoms with van der Waals surface area (Å²) in [6, 6.07) is 10.0. The fraction of sp³-hybridized carbons (Fsp3) is 0.471. The highest BCUT2D eigenvalue weighted by molar-refractivity contribution is 6.08. The van der Waals surface area contributed by atoms with Crippen LogP contribution in [0, 0.1) is 0 Å². The second-order valence-corrected chi connectivity index (χ2v) is 4.71. The summed E-state index contributed by atoms with van der Waals surface area (Å²) in [5.41, 5.74) is 3.31. The molecule has 0 atom stereocenters. The first kappa shape index (κ1) is 14.7. The third-order valence-electron chi connectivity index (χ3n) is 3.25. The summed E-state index contributed by atoms with van der Waals surface area (Å²) in [4.78, 5) is 11.4. The molecule has 0 aliphatic carbocycles. The monoisotopic (exact) mass is 244 g/mol. The molecule has 1 aromatic rings. The maximum atomic E-state index is 11.4. The summed E-state index contributed by atoms with van der Waals surface area (Å²) in [5.74, 6) is 0. The average Bonchev–Trinajstić information content (AvgIpc) is 2.43. The van der Waals surface area contributed by atoms with Gasteiger partial charge in [0.2, 0.25) is 0 Å². The van der Waals surface area contributed by atoms with Crippen molar-refractivity contribution in [2.45, 2.75) is 52.4 Å². The van der Waals surface area contributed by atoms with Crippen molar-refractivity contribution in [3.05, 3.63) is 41.5 Å². The van der Waals surface area contributed by atoms with Crippen LogP contribution < -0.4 is 0 Å². The first-order valence-corrected chi connectivity index (χ1v) is 7.06. The molecule has 0 radical (unpaired) electrons. The minimum Gasteiger partial charge on any atom is -0.298 e. The lowest BCUT2D eigenvalue weighted by atomic mass is 9.93. The summed E-state index contributed by atoms with van der Waals surface area (Å²) in [7, 11) is 0. The van der Waals surface area contributed by atoms with Crippen molar-refractivity contribution in [2.75, 3.05) is 0 Å². The summed E-state index contributed by atoms with van der Waals surface area (Å²) in [6.45, 7) is 4.39. The molecule has 0 N–H and O–H groups in total. The van der Waals surface area contributed by atoms with Gasteiger partial charge in [0.25, 0.3) is 0 Å². The van der Waals surface area contributed by atoms with Crippen molar-refractivity contribution in [1.82, 2.24) is 0 Å². The van der Waals surface area contributed by atoms with Crippen molar-refractivity contribution >= 4 is 11.9 Å². The van der Waals surface area contributed by atoms with Gasteiger partial charge in [0.1, 0.15) is 0 Å². The average molecular weight is 244 g/mol.